The first kappa shape index (κ1) is 12.7. The molecule has 0 spiro atoms. The summed E-state index contributed by atoms with van der Waals surface area (Å²) in [5, 5.41) is 0.664. The SMILES string of the molecule is C=C/N=C(/c1ccc(Cl)cc1)C(C)C(C)=O. The van der Waals surface area contributed by atoms with E-state index in [1.54, 1.807) is 19.1 Å². The summed E-state index contributed by atoms with van der Waals surface area (Å²) >= 11 is 5.81. The van der Waals surface area contributed by atoms with E-state index in [1.165, 1.54) is 6.20 Å². The van der Waals surface area contributed by atoms with Crippen molar-refractivity contribution in [1.29, 1.82) is 0 Å². The highest BCUT2D eigenvalue weighted by atomic mass is 35.5. The van der Waals surface area contributed by atoms with Gasteiger partial charge >= 0.3 is 0 Å². The fourth-order valence-corrected chi connectivity index (χ4v) is 1.47. The summed E-state index contributed by atoms with van der Waals surface area (Å²) in [4.78, 5) is 15.5. The zero-order valence-corrected chi connectivity index (χ0v) is 10.2. The third-order valence-corrected chi connectivity index (χ3v) is 2.64. The van der Waals surface area contributed by atoms with Crippen molar-refractivity contribution in [2.24, 2.45) is 10.9 Å². The molecule has 16 heavy (non-hydrogen) atoms. The summed E-state index contributed by atoms with van der Waals surface area (Å²) in [6.07, 6.45) is 1.45. The van der Waals surface area contributed by atoms with E-state index >= 15 is 0 Å². The molecule has 1 aromatic rings. The highest BCUT2D eigenvalue weighted by Gasteiger charge is 2.16. The number of rotatable bonds is 4. The van der Waals surface area contributed by atoms with Gasteiger partial charge in [0.25, 0.3) is 0 Å². The van der Waals surface area contributed by atoms with Crippen LogP contribution in [-0.4, -0.2) is 11.5 Å². The van der Waals surface area contributed by atoms with Crippen LogP contribution >= 0.6 is 11.6 Å². The molecule has 0 aliphatic carbocycles. The molecular formula is C13H14ClNO. The molecule has 1 rings (SSSR count). The molecule has 0 aromatic heterocycles. The molecule has 84 valence electrons. The lowest BCUT2D eigenvalue weighted by Gasteiger charge is -2.11. The Bertz CT molecular complexity index is 420. The van der Waals surface area contributed by atoms with Crippen LogP contribution in [0.5, 0.6) is 0 Å². The number of aliphatic imine (C=N–C) groups is 1. The summed E-state index contributed by atoms with van der Waals surface area (Å²) in [5.41, 5.74) is 1.62. The van der Waals surface area contributed by atoms with Crippen LogP contribution in [0.1, 0.15) is 19.4 Å². The molecule has 0 N–H and O–H groups in total. The maximum atomic E-state index is 11.4. The van der Waals surface area contributed by atoms with Gasteiger partial charge in [0, 0.05) is 11.2 Å². The number of benzene rings is 1. The van der Waals surface area contributed by atoms with Gasteiger partial charge in [-0.3, -0.25) is 9.79 Å². The summed E-state index contributed by atoms with van der Waals surface area (Å²) in [6.45, 7) is 6.95. The topological polar surface area (TPSA) is 29.4 Å². The Hall–Kier alpha value is -1.41. The van der Waals surface area contributed by atoms with E-state index in [1.807, 2.05) is 19.1 Å². The standard InChI is InChI=1S/C13H14ClNO/c1-4-15-13(9(2)10(3)16)11-5-7-12(14)8-6-11/h4-9H,1H2,2-3H3/b15-13+. The van der Waals surface area contributed by atoms with Crippen LogP contribution in [-0.2, 0) is 4.79 Å². The van der Waals surface area contributed by atoms with Gasteiger partial charge in [-0.2, -0.15) is 0 Å². The number of halogens is 1. The number of hydrogen-bond acceptors (Lipinski definition) is 2. The first-order chi connectivity index (χ1) is 7.56. The first-order valence-corrected chi connectivity index (χ1v) is 5.39. The van der Waals surface area contributed by atoms with Crippen molar-refractivity contribution in [2.45, 2.75) is 13.8 Å². The molecule has 1 unspecified atom stereocenters. The molecular weight excluding hydrogens is 222 g/mol. The van der Waals surface area contributed by atoms with Crippen molar-refractivity contribution >= 4 is 23.1 Å². The van der Waals surface area contributed by atoms with Crippen molar-refractivity contribution < 1.29 is 4.79 Å². The lowest BCUT2D eigenvalue weighted by atomic mass is 9.95. The largest absolute Gasteiger partial charge is 0.299 e. The molecule has 0 saturated heterocycles. The minimum absolute atomic E-state index is 0.0792. The lowest BCUT2D eigenvalue weighted by molar-refractivity contribution is -0.118. The third kappa shape index (κ3) is 3.04. The normalized spacial score (nSPS) is 13.3. The Morgan fingerprint density at radius 1 is 1.44 bits per heavy atom. The number of carbonyl (C=O) groups is 1. The summed E-state index contributed by atoms with van der Waals surface area (Å²) < 4.78 is 0. The predicted molar refractivity (Wildman–Crippen MR) is 68.0 cm³/mol. The van der Waals surface area contributed by atoms with E-state index in [0.717, 1.165) is 11.3 Å². The van der Waals surface area contributed by atoms with Crippen LogP contribution in [0, 0.1) is 5.92 Å². The van der Waals surface area contributed by atoms with Gasteiger partial charge in [-0.1, -0.05) is 30.3 Å². The minimum atomic E-state index is -0.237. The Morgan fingerprint density at radius 2 is 2.00 bits per heavy atom. The van der Waals surface area contributed by atoms with Crippen molar-refractivity contribution in [3.05, 3.63) is 47.6 Å². The minimum Gasteiger partial charge on any atom is -0.299 e. The van der Waals surface area contributed by atoms with Crippen molar-refractivity contribution in [3.8, 4) is 0 Å². The Balaban J connectivity index is 3.13. The van der Waals surface area contributed by atoms with Gasteiger partial charge < -0.3 is 0 Å². The van der Waals surface area contributed by atoms with Crippen LogP contribution in [0.25, 0.3) is 0 Å². The van der Waals surface area contributed by atoms with Crippen LogP contribution in [0.4, 0.5) is 0 Å². The van der Waals surface area contributed by atoms with Gasteiger partial charge in [-0.25, -0.2) is 0 Å². The predicted octanol–water partition coefficient (Wildman–Crippen LogP) is 3.50. The Morgan fingerprint density at radius 3 is 2.44 bits per heavy atom. The lowest BCUT2D eigenvalue weighted by Crippen LogP contribution is -2.19. The Labute approximate surface area is 101 Å². The summed E-state index contributed by atoms with van der Waals surface area (Å²) in [5.74, 6) is -0.158. The van der Waals surface area contributed by atoms with E-state index in [2.05, 4.69) is 11.6 Å². The zero-order chi connectivity index (χ0) is 12.1. The highest BCUT2D eigenvalue weighted by molar-refractivity contribution is 6.30. The van der Waals surface area contributed by atoms with Gasteiger partial charge in [0.15, 0.2) is 0 Å². The van der Waals surface area contributed by atoms with Crippen molar-refractivity contribution in [1.82, 2.24) is 0 Å². The van der Waals surface area contributed by atoms with Gasteiger partial charge in [0.05, 0.1) is 11.6 Å². The van der Waals surface area contributed by atoms with Gasteiger partial charge in [0.2, 0.25) is 0 Å². The second-order valence-corrected chi connectivity index (χ2v) is 3.97. The quantitative estimate of drug-likeness (QED) is 0.735. The fourth-order valence-electron chi connectivity index (χ4n) is 1.35. The maximum Gasteiger partial charge on any atom is 0.138 e. The average Bonchev–Trinajstić information content (AvgIpc) is 2.26. The number of carbonyl (C=O) groups excluding carboxylic acids is 1. The molecule has 0 saturated carbocycles. The second-order valence-electron chi connectivity index (χ2n) is 3.54. The van der Waals surface area contributed by atoms with E-state index in [0.29, 0.717) is 5.02 Å². The zero-order valence-electron chi connectivity index (χ0n) is 9.40. The van der Waals surface area contributed by atoms with Crippen LogP contribution in [0.2, 0.25) is 5.02 Å². The highest BCUT2D eigenvalue weighted by Crippen LogP contribution is 2.15. The molecule has 0 amide bonds. The van der Waals surface area contributed by atoms with Gasteiger partial charge in [-0.05, 0) is 31.5 Å². The molecule has 1 aromatic carbocycles. The van der Waals surface area contributed by atoms with Crippen LogP contribution in [0.3, 0.4) is 0 Å². The first-order valence-electron chi connectivity index (χ1n) is 5.01. The van der Waals surface area contributed by atoms with Gasteiger partial charge in [-0.15, -0.1) is 0 Å². The number of Topliss-reactive ketones (excluding diaryl/α,β-unsaturated/α-hetero) is 1. The molecule has 0 bridgehead atoms. The van der Waals surface area contributed by atoms with Crippen LogP contribution < -0.4 is 0 Å². The van der Waals surface area contributed by atoms with Crippen molar-refractivity contribution in [3.63, 3.8) is 0 Å². The van der Waals surface area contributed by atoms with E-state index in [4.69, 9.17) is 11.6 Å². The molecule has 0 aliphatic heterocycles. The molecule has 3 heteroatoms. The third-order valence-electron chi connectivity index (χ3n) is 2.39. The molecule has 2 nitrogen and oxygen atoms in total. The number of hydrogen-bond donors (Lipinski definition) is 0. The van der Waals surface area contributed by atoms with Crippen molar-refractivity contribution in [2.75, 3.05) is 0 Å². The average molecular weight is 236 g/mol. The summed E-state index contributed by atoms with van der Waals surface area (Å²) in [7, 11) is 0. The van der Waals surface area contributed by atoms with E-state index in [9.17, 15) is 4.79 Å². The van der Waals surface area contributed by atoms with Gasteiger partial charge in [0.1, 0.15) is 5.78 Å². The van der Waals surface area contributed by atoms with E-state index < -0.39 is 0 Å². The monoisotopic (exact) mass is 235 g/mol. The molecule has 1 atom stereocenters. The fraction of sp³-hybridized carbons (Fsp3) is 0.231. The van der Waals surface area contributed by atoms with E-state index in [-0.39, 0.29) is 11.7 Å². The second kappa shape index (κ2) is 5.61. The smallest absolute Gasteiger partial charge is 0.138 e. The van der Waals surface area contributed by atoms with Crippen LogP contribution in [0.15, 0.2) is 42.0 Å². The maximum absolute atomic E-state index is 11.4. The Kier molecular flexibility index (Phi) is 4.44. The molecule has 0 heterocycles. The number of nitrogens with zero attached hydrogens (tertiary/aromatic N) is 1. The summed E-state index contributed by atoms with van der Waals surface area (Å²) in [6, 6.07) is 7.26. The molecule has 0 aliphatic rings. The molecule has 0 fully saturated rings. The number of ketones is 1. The molecule has 0 radical (unpaired) electrons.